The van der Waals surface area contributed by atoms with Crippen LogP contribution in [0.25, 0.3) is 66.1 Å². The second-order valence-corrected chi connectivity index (χ2v) is 14.7. The zero-order chi connectivity index (χ0) is 36.1. The maximum atomic E-state index is 6.48. The Balaban J connectivity index is 1.14. The van der Waals surface area contributed by atoms with Crippen molar-refractivity contribution in [1.29, 1.82) is 0 Å². The van der Waals surface area contributed by atoms with Crippen molar-refractivity contribution in [1.82, 2.24) is 0 Å². The van der Waals surface area contributed by atoms with Gasteiger partial charge in [-0.05, 0) is 80.2 Å². The molecule has 0 unspecified atom stereocenters. The first-order valence-electron chi connectivity index (χ1n) is 19.0. The lowest BCUT2D eigenvalue weighted by atomic mass is 9.70. The lowest BCUT2D eigenvalue weighted by molar-refractivity contribution is 0.670. The maximum Gasteiger partial charge on any atom is 0.143 e. The third-order valence-corrected chi connectivity index (χ3v) is 12.1. The van der Waals surface area contributed by atoms with E-state index in [1.807, 2.05) is 6.07 Å². The van der Waals surface area contributed by atoms with Gasteiger partial charge >= 0.3 is 0 Å². The molecule has 0 radical (unpaired) electrons. The molecule has 2 nitrogen and oxygen atoms in total. The normalized spacial score (nSPS) is 13.2. The smallest absolute Gasteiger partial charge is 0.143 e. The number of fused-ring (bicyclic) bond motifs is 14. The average Bonchev–Trinajstić information content (AvgIpc) is 3.89. The van der Waals surface area contributed by atoms with Gasteiger partial charge in [0.2, 0.25) is 0 Å². The van der Waals surface area contributed by atoms with Crippen LogP contribution < -0.4 is 4.90 Å². The van der Waals surface area contributed by atoms with Gasteiger partial charge in [-0.3, -0.25) is 0 Å². The van der Waals surface area contributed by atoms with Gasteiger partial charge in [0, 0.05) is 33.0 Å². The van der Waals surface area contributed by atoms with E-state index < -0.39 is 5.41 Å². The molecule has 2 aliphatic carbocycles. The molecule has 256 valence electrons. The number of furan rings is 1. The van der Waals surface area contributed by atoms with Crippen molar-refractivity contribution in [3.8, 4) is 33.4 Å². The monoisotopic (exact) mass is 699 g/mol. The number of anilines is 3. The molecule has 12 rings (SSSR count). The van der Waals surface area contributed by atoms with Crippen molar-refractivity contribution < 1.29 is 4.42 Å². The van der Waals surface area contributed by atoms with Crippen LogP contribution >= 0.6 is 0 Å². The predicted octanol–water partition coefficient (Wildman–Crippen LogP) is 14.2. The topological polar surface area (TPSA) is 16.4 Å². The van der Waals surface area contributed by atoms with E-state index in [0.717, 1.165) is 44.4 Å². The van der Waals surface area contributed by atoms with E-state index in [4.69, 9.17) is 4.42 Å². The van der Waals surface area contributed by atoms with E-state index in [-0.39, 0.29) is 0 Å². The van der Waals surface area contributed by atoms with Crippen LogP contribution in [0.4, 0.5) is 17.1 Å². The number of hydrogen-bond donors (Lipinski definition) is 0. The second-order valence-electron chi connectivity index (χ2n) is 14.7. The molecular formula is C53H33NO. The summed E-state index contributed by atoms with van der Waals surface area (Å²) in [5, 5.41) is 4.69. The van der Waals surface area contributed by atoms with Gasteiger partial charge in [-0.2, -0.15) is 0 Å². The SMILES string of the molecule is c1ccc2c(c1)-c1ccccc1C21c2ccccc2-c2cccc(N(c3ccc(-c4cccc5c4oc4ccccc45)cc3)c3cccc4ccccc34)c21. The van der Waals surface area contributed by atoms with E-state index >= 15 is 0 Å². The fourth-order valence-electron chi connectivity index (χ4n) is 9.90. The molecule has 55 heavy (non-hydrogen) atoms. The van der Waals surface area contributed by atoms with Gasteiger partial charge in [-0.15, -0.1) is 0 Å². The Morgan fingerprint density at radius 2 is 0.873 bits per heavy atom. The minimum Gasteiger partial charge on any atom is -0.455 e. The summed E-state index contributed by atoms with van der Waals surface area (Å²) >= 11 is 0. The third kappa shape index (κ3) is 4.08. The molecule has 10 aromatic rings. The largest absolute Gasteiger partial charge is 0.455 e. The fraction of sp³-hybridized carbons (Fsp3) is 0.0189. The van der Waals surface area contributed by atoms with Crippen molar-refractivity contribution in [3.63, 3.8) is 0 Å². The molecule has 1 aromatic heterocycles. The summed E-state index contributed by atoms with van der Waals surface area (Å²) in [5.41, 5.74) is 17.4. The molecule has 0 amide bonds. The maximum absolute atomic E-state index is 6.48. The van der Waals surface area contributed by atoms with Crippen molar-refractivity contribution >= 4 is 49.8 Å². The van der Waals surface area contributed by atoms with Gasteiger partial charge in [-0.25, -0.2) is 0 Å². The van der Waals surface area contributed by atoms with Crippen LogP contribution in [0, 0.1) is 0 Å². The Labute approximate surface area is 319 Å². The van der Waals surface area contributed by atoms with Gasteiger partial charge in [0.05, 0.1) is 16.8 Å². The van der Waals surface area contributed by atoms with E-state index in [2.05, 4.69) is 199 Å². The Hall–Kier alpha value is -7.16. The number of benzene rings is 9. The quantitative estimate of drug-likeness (QED) is 0.182. The first-order valence-corrected chi connectivity index (χ1v) is 19.0. The highest BCUT2D eigenvalue weighted by molar-refractivity contribution is 6.10. The molecule has 9 aromatic carbocycles. The zero-order valence-corrected chi connectivity index (χ0v) is 29.9. The summed E-state index contributed by atoms with van der Waals surface area (Å²) < 4.78 is 6.48. The van der Waals surface area contributed by atoms with Crippen LogP contribution in [0.1, 0.15) is 22.3 Å². The van der Waals surface area contributed by atoms with Crippen LogP contribution in [-0.4, -0.2) is 0 Å². The van der Waals surface area contributed by atoms with Crippen LogP contribution in [0.2, 0.25) is 0 Å². The summed E-state index contributed by atoms with van der Waals surface area (Å²) in [7, 11) is 0. The lowest BCUT2D eigenvalue weighted by Crippen LogP contribution is -2.28. The summed E-state index contributed by atoms with van der Waals surface area (Å²) in [4.78, 5) is 2.50. The number of rotatable bonds is 4. The molecule has 0 saturated carbocycles. The lowest BCUT2D eigenvalue weighted by Gasteiger charge is -2.36. The van der Waals surface area contributed by atoms with E-state index in [9.17, 15) is 0 Å². The van der Waals surface area contributed by atoms with Crippen LogP contribution in [0.5, 0.6) is 0 Å². The highest BCUT2D eigenvalue weighted by atomic mass is 16.3. The van der Waals surface area contributed by atoms with Gasteiger partial charge in [0.15, 0.2) is 0 Å². The molecule has 0 saturated heterocycles. The molecular weight excluding hydrogens is 667 g/mol. The van der Waals surface area contributed by atoms with E-state index in [1.54, 1.807) is 0 Å². The first-order chi connectivity index (χ1) is 27.3. The molecule has 1 spiro atoms. The van der Waals surface area contributed by atoms with Gasteiger partial charge in [0.25, 0.3) is 0 Å². The van der Waals surface area contributed by atoms with Gasteiger partial charge in [-0.1, -0.05) is 170 Å². The number of para-hydroxylation sites is 2. The molecule has 1 heterocycles. The fourth-order valence-corrected chi connectivity index (χ4v) is 9.90. The molecule has 2 heteroatoms. The van der Waals surface area contributed by atoms with Gasteiger partial charge < -0.3 is 9.32 Å². The summed E-state index contributed by atoms with van der Waals surface area (Å²) in [5.74, 6) is 0. The van der Waals surface area contributed by atoms with Crippen molar-refractivity contribution in [2.24, 2.45) is 0 Å². The minimum absolute atomic E-state index is 0.491. The van der Waals surface area contributed by atoms with Crippen LogP contribution in [-0.2, 0) is 5.41 Å². The van der Waals surface area contributed by atoms with Crippen molar-refractivity contribution in [2.45, 2.75) is 5.41 Å². The Bertz CT molecular complexity index is 3100. The Morgan fingerprint density at radius 3 is 1.62 bits per heavy atom. The molecule has 2 aliphatic rings. The van der Waals surface area contributed by atoms with Crippen molar-refractivity contribution in [2.75, 3.05) is 4.90 Å². The Kier molecular flexibility index (Phi) is 6.29. The minimum atomic E-state index is -0.491. The van der Waals surface area contributed by atoms with Gasteiger partial charge in [0.1, 0.15) is 11.2 Å². The zero-order valence-electron chi connectivity index (χ0n) is 29.9. The highest BCUT2D eigenvalue weighted by Gasteiger charge is 2.53. The second kappa shape index (κ2) is 11.4. The summed E-state index contributed by atoms with van der Waals surface area (Å²) in [6.07, 6.45) is 0. The van der Waals surface area contributed by atoms with Crippen LogP contribution in [0.3, 0.4) is 0 Å². The van der Waals surface area contributed by atoms with E-state index in [1.165, 1.54) is 61.0 Å². The molecule has 0 N–H and O–H groups in total. The van der Waals surface area contributed by atoms with E-state index in [0.29, 0.717) is 0 Å². The predicted molar refractivity (Wildman–Crippen MR) is 228 cm³/mol. The molecule has 0 fully saturated rings. The number of hydrogen-bond acceptors (Lipinski definition) is 2. The van der Waals surface area contributed by atoms with Crippen LogP contribution in [0.15, 0.2) is 205 Å². The standard InChI is InChI=1S/C53H33NO/c1-2-16-37-34(14-1)15-11-27-48(37)54(36-32-30-35(31-33-36)38-21-12-23-44-42-20-6-10-29-50(42)55-52(38)44)49-28-13-22-43-41-19-5-9-26-47(41)53(51(43)49)45-24-7-3-17-39(45)40-18-4-8-25-46(40)53/h1-33H. The van der Waals surface area contributed by atoms with Crippen molar-refractivity contribution in [3.05, 3.63) is 222 Å². The third-order valence-electron chi connectivity index (χ3n) is 12.1. The molecule has 0 atom stereocenters. The summed E-state index contributed by atoms with van der Waals surface area (Å²) in [6, 6.07) is 73.3. The highest BCUT2D eigenvalue weighted by Crippen LogP contribution is 2.65. The average molecular weight is 700 g/mol. The summed E-state index contributed by atoms with van der Waals surface area (Å²) in [6.45, 7) is 0. The first kappa shape index (κ1) is 30.3. The molecule has 0 bridgehead atoms. The number of nitrogens with zero attached hydrogens (tertiary/aromatic N) is 1. The Morgan fingerprint density at radius 1 is 0.364 bits per heavy atom. The molecule has 0 aliphatic heterocycles.